The molecule has 0 aromatic rings. The molecule has 2 bridgehead atoms. The molecule has 78 valence electrons. The van der Waals surface area contributed by atoms with Crippen molar-refractivity contribution in [2.24, 2.45) is 5.92 Å². The van der Waals surface area contributed by atoms with E-state index in [4.69, 9.17) is 0 Å². The van der Waals surface area contributed by atoms with E-state index in [0.717, 1.165) is 12.8 Å². The Morgan fingerprint density at radius 1 is 1.31 bits per heavy atom. The van der Waals surface area contributed by atoms with Gasteiger partial charge in [0.05, 0.1) is 7.11 Å². The summed E-state index contributed by atoms with van der Waals surface area (Å²) in [5.74, 6) is 0.342. The van der Waals surface area contributed by atoms with Crippen LogP contribution >= 0.6 is 24.8 Å². The van der Waals surface area contributed by atoms with Gasteiger partial charge in [-0.25, -0.2) is 5.43 Å². The lowest BCUT2D eigenvalue weighted by Gasteiger charge is -2.46. The van der Waals surface area contributed by atoms with Gasteiger partial charge in [0.1, 0.15) is 6.04 Å². The van der Waals surface area contributed by atoms with Crippen molar-refractivity contribution in [3.8, 4) is 0 Å². The molecule has 0 aromatic heterocycles. The third-order valence-electron chi connectivity index (χ3n) is 2.54. The smallest absolute Gasteiger partial charge is 0.324 e. The van der Waals surface area contributed by atoms with Crippen LogP contribution in [0, 0.1) is 5.92 Å². The molecule has 3 fully saturated rings. The normalized spacial score (nSPS) is 34.7. The quantitative estimate of drug-likeness (QED) is 0.633. The van der Waals surface area contributed by atoms with E-state index in [2.05, 4.69) is 15.6 Å². The third kappa shape index (κ3) is 2.26. The van der Waals surface area contributed by atoms with Crippen LogP contribution in [-0.4, -0.2) is 25.2 Å². The minimum Gasteiger partial charge on any atom is -0.468 e. The molecule has 2 N–H and O–H groups in total. The Morgan fingerprint density at radius 3 is 2.31 bits per heavy atom. The fourth-order valence-electron chi connectivity index (χ4n) is 1.76. The van der Waals surface area contributed by atoms with Crippen molar-refractivity contribution in [2.45, 2.75) is 24.9 Å². The highest BCUT2D eigenvalue weighted by Gasteiger charge is 2.43. The summed E-state index contributed by atoms with van der Waals surface area (Å²) in [4.78, 5) is 11.1. The molecule has 4 nitrogen and oxygen atoms in total. The van der Waals surface area contributed by atoms with Crippen LogP contribution in [0.1, 0.15) is 12.8 Å². The number of fused-ring (bicyclic) bond motifs is 2. The number of hydrogen-bond donors (Lipinski definition) is 2. The van der Waals surface area contributed by atoms with Gasteiger partial charge in [0.25, 0.3) is 0 Å². The summed E-state index contributed by atoms with van der Waals surface area (Å²) in [6, 6.07) is 0.464. The maximum absolute atomic E-state index is 11.1. The van der Waals surface area contributed by atoms with Crippen LogP contribution in [-0.2, 0) is 9.53 Å². The zero-order chi connectivity index (χ0) is 7.84. The third-order valence-corrected chi connectivity index (χ3v) is 2.54. The van der Waals surface area contributed by atoms with Crippen molar-refractivity contribution in [2.75, 3.05) is 7.11 Å². The van der Waals surface area contributed by atoms with Crippen LogP contribution in [0.25, 0.3) is 0 Å². The van der Waals surface area contributed by atoms with E-state index >= 15 is 0 Å². The minimum atomic E-state index is -0.152. The van der Waals surface area contributed by atoms with Crippen molar-refractivity contribution in [1.82, 2.24) is 10.9 Å². The second kappa shape index (κ2) is 5.00. The molecule has 0 aromatic carbocycles. The van der Waals surface area contributed by atoms with Crippen molar-refractivity contribution in [3.63, 3.8) is 0 Å². The average Bonchev–Trinajstić information content (AvgIpc) is 2.02. The second-order valence-electron chi connectivity index (χ2n) is 3.22. The predicted molar refractivity (Wildman–Crippen MR) is 53.1 cm³/mol. The predicted octanol–water partition coefficient (Wildman–Crippen LogP) is 0.258. The monoisotopic (exact) mass is 228 g/mol. The SMILES string of the molecule is COC(=O)[C@H]1NNC2CC1C2.Cl.Cl. The number of carbonyl (C=O) groups is 1. The van der Waals surface area contributed by atoms with Gasteiger partial charge in [-0.1, -0.05) is 0 Å². The van der Waals surface area contributed by atoms with E-state index in [0.29, 0.717) is 12.0 Å². The second-order valence-corrected chi connectivity index (χ2v) is 3.22. The molecule has 1 saturated carbocycles. The van der Waals surface area contributed by atoms with Crippen molar-refractivity contribution in [3.05, 3.63) is 0 Å². The molecular weight excluding hydrogens is 215 g/mol. The summed E-state index contributed by atoms with van der Waals surface area (Å²) in [5, 5.41) is 0. The summed E-state index contributed by atoms with van der Waals surface area (Å²) in [7, 11) is 1.43. The molecule has 1 atom stereocenters. The lowest BCUT2D eigenvalue weighted by molar-refractivity contribution is -0.148. The molecule has 1 aliphatic carbocycles. The highest BCUT2D eigenvalue weighted by atomic mass is 35.5. The number of nitrogens with one attached hydrogen (secondary N) is 2. The number of methoxy groups -OCH3 is 1. The van der Waals surface area contributed by atoms with Gasteiger partial charge < -0.3 is 4.74 Å². The first kappa shape index (κ1) is 13.0. The Hall–Kier alpha value is -0.0300. The summed E-state index contributed by atoms with van der Waals surface area (Å²) in [6.45, 7) is 0. The van der Waals surface area contributed by atoms with E-state index in [-0.39, 0.29) is 36.8 Å². The number of carbonyl (C=O) groups excluding carboxylic acids is 1. The molecule has 2 aliphatic heterocycles. The molecule has 0 spiro atoms. The molecule has 0 amide bonds. The highest BCUT2D eigenvalue weighted by Crippen LogP contribution is 2.33. The van der Waals surface area contributed by atoms with Gasteiger partial charge >= 0.3 is 5.97 Å². The van der Waals surface area contributed by atoms with E-state index < -0.39 is 0 Å². The molecule has 13 heavy (non-hydrogen) atoms. The van der Waals surface area contributed by atoms with Crippen molar-refractivity contribution >= 4 is 30.8 Å². The zero-order valence-corrected chi connectivity index (χ0v) is 8.91. The van der Waals surface area contributed by atoms with Gasteiger partial charge in [0.2, 0.25) is 0 Å². The number of rotatable bonds is 1. The maximum atomic E-state index is 11.1. The number of hydrazine groups is 1. The Labute approximate surface area is 89.6 Å². The van der Waals surface area contributed by atoms with Crippen molar-refractivity contribution in [1.29, 1.82) is 0 Å². The maximum Gasteiger partial charge on any atom is 0.324 e. The first-order valence-corrected chi connectivity index (χ1v) is 3.90. The highest BCUT2D eigenvalue weighted by molar-refractivity contribution is 5.85. The molecule has 2 saturated heterocycles. The van der Waals surface area contributed by atoms with E-state index in [1.54, 1.807) is 0 Å². The van der Waals surface area contributed by atoms with Gasteiger partial charge in [-0.15, -0.1) is 24.8 Å². The fraction of sp³-hybridized carbons (Fsp3) is 0.857. The first-order chi connectivity index (χ1) is 5.31. The Balaban J connectivity index is 0.000000720. The van der Waals surface area contributed by atoms with Gasteiger partial charge in [-0.05, 0) is 18.8 Å². The summed E-state index contributed by atoms with van der Waals surface area (Å²) in [5.41, 5.74) is 6.01. The van der Waals surface area contributed by atoms with Crippen LogP contribution in [0.4, 0.5) is 0 Å². The van der Waals surface area contributed by atoms with Crippen molar-refractivity contribution < 1.29 is 9.53 Å². The number of halogens is 2. The summed E-state index contributed by atoms with van der Waals surface area (Å²) >= 11 is 0. The van der Waals surface area contributed by atoms with Gasteiger partial charge in [0.15, 0.2) is 0 Å². The Kier molecular flexibility index (Phi) is 4.99. The van der Waals surface area contributed by atoms with E-state index in [1.807, 2.05) is 0 Å². The van der Waals surface area contributed by atoms with Gasteiger partial charge in [-0.2, -0.15) is 0 Å². The minimum absolute atomic E-state index is 0. The van der Waals surface area contributed by atoms with E-state index in [1.165, 1.54) is 7.11 Å². The van der Waals surface area contributed by atoms with Gasteiger partial charge in [-0.3, -0.25) is 10.2 Å². The van der Waals surface area contributed by atoms with Crippen LogP contribution in [0.15, 0.2) is 0 Å². The molecule has 3 aliphatic rings. The molecule has 6 heteroatoms. The molecule has 3 rings (SSSR count). The van der Waals surface area contributed by atoms with Gasteiger partial charge in [0, 0.05) is 6.04 Å². The van der Waals surface area contributed by atoms with Crippen LogP contribution in [0.2, 0.25) is 0 Å². The average molecular weight is 229 g/mol. The largest absolute Gasteiger partial charge is 0.468 e. The summed E-state index contributed by atoms with van der Waals surface area (Å²) in [6.07, 6.45) is 2.21. The Bertz CT molecular complexity index is 183. The zero-order valence-electron chi connectivity index (χ0n) is 7.28. The first-order valence-electron chi connectivity index (χ1n) is 3.90. The molecule has 2 heterocycles. The summed E-state index contributed by atoms with van der Waals surface area (Å²) < 4.78 is 4.64. The Morgan fingerprint density at radius 2 is 1.92 bits per heavy atom. The lowest BCUT2D eigenvalue weighted by atomic mass is 9.74. The number of esters is 1. The fourth-order valence-corrected chi connectivity index (χ4v) is 1.76. The van der Waals surface area contributed by atoms with Crippen LogP contribution < -0.4 is 10.9 Å². The standard InChI is InChI=1S/C7H12N2O2.2ClH/c1-11-7(10)6-4-2-5(3-4)8-9-6;;/h4-6,8-9H,2-3H2,1H3;2*1H/t4?,5?,6-;;/m0../s1. The number of ether oxygens (including phenoxy) is 1. The molecule has 0 unspecified atom stereocenters. The van der Waals surface area contributed by atoms with E-state index in [9.17, 15) is 4.79 Å². The topological polar surface area (TPSA) is 50.4 Å². The molecular formula is C7H14Cl2N2O2. The van der Waals surface area contributed by atoms with Crippen LogP contribution in [0.5, 0.6) is 0 Å². The lowest BCUT2D eigenvalue weighted by Crippen LogP contribution is -2.66. The molecule has 0 radical (unpaired) electrons. The van der Waals surface area contributed by atoms with Crippen LogP contribution in [0.3, 0.4) is 0 Å². The number of hydrogen-bond acceptors (Lipinski definition) is 4.